The van der Waals surface area contributed by atoms with E-state index in [4.69, 9.17) is 5.73 Å². The van der Waals surface area contributed by atoms with Gasteiger partial charge in [0.25, 0.3) is 0 Å². The minimum Gasteiger partial charge on any atom is -0.398 e. The summed E-state index contributed by atoms with van der Waals surface area (Å²) in [5, 5.41) is 0. The Hall–Kier alpha value is -1.31. The van der Waals surface area contributed by atoms with Crippen LogP contribution >= 0.6 is 0 Å². The molecule has 1 aliphatic carbocycles. The Balaban J connectivity index is 2.73. The van der Waals surface area contributed by atoms with E-state index in [0.717, 1.165) is 24.0 Å². The number of benzene rings is 1. The average Bonchev–Trinajstić information content (AvgIpc) is 2.14. The van der Waals surface area contributed by atoms with E-state index >= 15 is 0 Å². The number of anilines is 1. The van der Waals surface area contributed by atoms with Crippen LogP contribution in [0.4, 0.5) is 5.69 Å². The summed E-state index contributed by atoms with van der Waals surface area (Å²) in [5.41, 5.74) is 10.8. The first kappa shape index (κ1) is 9.25. The minimum atomic E-state index is 0.218. The Morgan fingerprint density at radius 3 is 2.64 bits per heavy atom. The molecule has 0 fully saturated rings. The molecule has 14 heavy (non-hydrogen) atoms. The van der Waals surface area contributed by atoms with Gasteiger partial charge in [0.1, 0.15) is 0 Å². The van der Waals surface area contributed by atoms with Crippen LogP contribution in [0.25, 0.3) is 0 Å². The molecular formula is C12H15NO. The Morgan fingerprint density at radius 1 is 1.21 bits per heavy atom. The van der Waals surface area contributed by atoms with Gasteiger partial charge in [-0.25, -0.2) is 0 Å². The van der Waals surface area contributed by atoms with Crippen molar-refractivity contribution < 1.29 is 4.79 Å². The molecule has 1 aliphatic rings. The van der Waals surface area contributed by atoms with Crippen LogP contribution < -0.4 is 5.73 Å². The van der Waals surface area contributed by atoms with Crippen LogP contribution in [0, 0.1) is 13.8 Å². The second-order valence-corrected chi connectivity index (χ2v) is 4.05. The summed E-state index contributed by atoms with van der Waals surface area (Å²) in [6.07, 6.45) is 2.62. The van der Waals surface area contributed by atoms with Gasteiger partial charge < -0.3 is 5.73 Å². The van der Waals surface area contributed by atoms with E-state index in [9.17, 15) is 4.79 Å². The molecule has 0 saturated carbocycles. The van der Waals surface area contributed by atoms with Crippen LogP contribution in [-0.2, 0) is 6.42 Å². The lowest BCUT2D eigenvalue weighted by Crippen LogP contribution is -2.15. The van der Waals surface area contributed by atoms with Gasteiger partial charge in [-0.05, 0) is 43.4 Å². The van der Waals surface area contributed by atoms with Crippen molar-refractivity contribution in [3.8, 4) is 0 Å². The van der Waals surface area contributed by atoms with Gasteiger partial charge in [0.2, 0.25) is 0 Å². The molecule has 2 nitrogen and oxygen atoms in total. The molecule has 1 aromatic rings. The highest BCUT2D eigenvalue weighted by Gasteiger charge is 2.22. The fourth-order valence-corrected chi connectivity index (χ4v) is 2.24. The lowest BCUT2D eigenvalue weighted by Gasteiger charge is -2.20. The molecule has 0 radical (unpaired) electrons. The summed E-state index contributed by atoms with van der Waals surface area (Å²) < 4.78 is 0. The number of Topliss-reactive ketones (excluding diaryl/α,β-unsaturated/α-hetero) is 1. The third kappa shape index (κ3) is 1.22. The number of aryl methyl sites for hydroxylation is 2. The van der Waals surface area contributed by atoms with Gasteiger partial charge in [-0.3, -0.25) is 4.79 Å². The quantitative estimate of drug-likeness (QED) is 0.637. The third-order valence-corrected chi connectivity index (χ3v) is 3.01. The highest BCUT2D eigenvalue weighted by Crippen LogP contribution is 2.31. The number of rotatable bonds is 0. The number of nitrogen functional groups attached to an aromatic ring is 1. The van der Waals surface area contributed by atoms with Gasteiger partial charge in [-0.2, -0.15) is 0 Å². The van der Waals surface area contributed by atoms with Gasteiger partial charge in [-0.15, -0.1) is 0 Å². The minimum absolute atomic E-state index is 0.218. The molecule has 1 aromatic carbocycles. The molecule has 0 spiro atoms. The normalized spacial score (nSPS) is 15.4. The van der Waals surface area contributed by atoms with Crippen LogP contribution in [0.5, 0.6) is 0 Å². The van der Waals surface area contributed by atoms with Gasteiger partial charge in [0.05, 0.1) is 0 Å². The van der Waals surface area contributed by atoms with E-state index in [-0.39, 0.29) is 5.78 Å². The highest BCUT2D eigenvalue weighted by molar-refractivity contribution is 6.04. The summed E-state index contributed by atoms with van der Waals surface area (Å²) in [7, 11) is 0. The van der Waals surface area contributed by atoms with Crippen molar-refractivity contribution in [2.45, 2.75) is 33.1 Å². The summed E-state index contributed by atoms with van der Waals surface area (Å²) in [6.45, 7) is 4.02. The third-order valence-electron chi connectivity index (χ3n) is 3.01. The van der Waals surface area contributed by atoms with Crippen molar-refractivity contribution in [3.63, 3.8) is 0 Å². The lowest BCUT2D eigenvalue weighted by molar-refractivity contribution is 0.0973. The summed E-state index contributed by atoms with van der Waals surface area (Å²) >= 11 is 0. The number of nitrogens with two attached hydrogens (primary N) is 1. The van der Waals surface area contributed by atoms with Crippen molar-refractivity contribution in [1.29, 1.82) is 0 Å². The fourth-order valence-electron chi connectivity index (χ4n) is 2.24. The molecule has 2 rings (SSSR count). The molecule has 0 bridgehead atoms. The zero-order valence-corrected chi connectivity index (χ0v) is 8.68. The van der Waals surface area contributed by atoms with Gasteiger partial charge in [0, 0.05) is 17.7 Å². The van der Waals surface area contributed by atoms with E-state index in [0.29, 0.717) is 12.1 Å². The standard InChI is InChI=1S/C12H15NO/c1-7-6-8(2)12(13)11-9(7)4-3-5-10(11)14/h6H,3-5,13H2,1-2H3. The molecule has 0 aliphatic heterocycles. The van der Waals surface area contributed by atoms with Gasteiger partial charge >= 0.3 is 0 Å². The molecule has 0 unspecified atom stereocenters. The largest absolute Gasteiger partial charge is 0.398 e. The van der Waals surface area contributed by atoms with Crippen LogP contribution in [-0.4, -0.2) is 5.78 Å². The smallest absolute Gasteiger partial charge is 0.165 e. The van der Waals surface area contributed by atoms with Crippen molar-refractivity contribution in [1.82, 2.24) is 0 Å². The number of ketones is 1. The molecule has 74 valence electrons. The van der Waals surface area contributed by atoms with Crippen LogP contribution in [0.15, 0.2) is 6.07 Å². The van der Waals surface area contributed by atoms with Crippen molar-refractivity contribution in [3.05, 3.63) is 28.3 Å². The molecule has 0 atom stereocenters. The van der Waals surface area contributed by atoms with E-state index in [1.165, 1.54) is 11.1 Å². The van der Waals surface area contributed by atoms with Crippen molar-refractivity contribution in [2.24, 2.45) is 0 Å². The van der Waals surface area contributed by atoms with Crippen molar-refractivity contribution >= 4 is 11.5 Å². The Bertz CT molecular complexity index is 407. The highest BCUT2D eigenvalue weighted by atomic mass is 16.1. The molecule has 2 heteroatoms. The maximum Gasteiger partial charge on any atom is 0.165 e. The van der Waals surface area contributed by atoms with E-state index in [1.807, 2.05) is 6.92 Å². The van der Waals surface area contributed by atoms with E-state index in [2.05, 4.69) is 13.0 Å². The number of fused-ring (bicyclic) bond motifs is 1. The number of carbonyl (C=O) groups is 1. The van der Waals surface area contributed by atoms with Gasteiger partial charge in [-0.1, -0.05) is 6.07 Å². The molecule has 0 heterocycles. The summed E-state index contributed by atoms with van der Waals surface area (Å²) in [5.74, 6) is 0.218. The summed E-state index contributed by atoms with van der Waals surface area (Å²) in [4.78, 5) is 11.7. The first-order valence-electron chi connectivity index (χ1n) is 5.03. The SMILES string of the molecule is Cc1cc(C)c2c(c1N)C(=O)CCC2. The van der Waals surface area contributed by atoms with Gasteiger partial charge in [0.15, 0.2) is 5.78 Å². The predicted molar refractivity (Wildman–Crippen MR) is 57.6 cm³/mol. The Morgan fingerprint density at radius 2 is 1.93 bits per heavy atom. The maximum atomic E-state index is 11.7. The zero-order valence-electron chi connectivity index (χ0n) is 8.68. The second-order valence-electron chi connectivity index (χ2n) is 4.05. The first-order valence-corrected chi connectivity index (χ1v) is 5.03. The summed E-state index contributed by atoms with van der Waals surface area (Å²) in [6, 6.07) is 2.08. The van der Waals surface area contributed by atoms with Crippen LogP contribution in [0.3, 0.4) is 0 Å². The molecule has 0 saturated heterocycles. The number of carbonyl (C=O) groups excluding carboxylic acids is 1. The predicted octanol–water partition coefficient (Wildman–Crippen LogP) is 2.40. The zero-order chi connectivity index (χ0) is 10.3. The second kappa shape index (κ2) is 3.12. The fraction of sp³-hybridized carbons (Fsp3) is 0.417. The Labute approximate surface area is 84.1 Å². The van der Waals surface area contributed by atoms with E-state index < -0.39 is 0 Å². The topological polar surface area (TPSA) is 43.1 Å². The van der Waals surface area contributed by atoms with Crippen molar-refractivity contribution in [2.75, 3.05) is 5.73 Å². The Kier molecular flexibility index (Phi) is 2.06. The maximum absolute atomic E-state index is 11.7. The van der Waals surface area contributed by atoms with E-state index in [1.54, 1.807) is 0 Å². The number of hydrogen-bond acceptors (Lipinski definition) is 2. The first-order chi connectivity index (χ1) is 6.61. The molecule has 0 aromatic heterocycles. The van der Waals surface area contributed by atoms with Crippen LogP contribution in [0.1, 0.15) is 39.9 Å². The lowest BCUT2D eigenvalue weighted by atomic mass is 9.85. The molecular weight excluding hydrogens is 174 g/mol. The average molecular weight is 189 g/mol. The molecule has 0 amide bonds. The van der Waals surface area contributed by atoms with Crippen LogP contribution in [0.2, 0.25) is 0 Å². The molecule has 2 N–H and O–H groups in total. The number of hydrogen-bond donors (Lipinski definition) is 1. The monoisotopic (exact) mass is 189 g/mol.